The van der Waals surface area contributed by atoms with Crippen LogP contribution >= 0.6 is 11.6 Å². The molecule has 0 atom stereocenters. The molecule has 1 aromatic rings. The first kappa shape index (κ1) is 20.9. The minimum Gasteiger partial charge on any atom is -0.338 e. The van der Waals surface area contributed by atoms with Crippen LogP contribution in [0.3, 0.4) is 0 Å². The molecule has 0 unspecified atom stereocenters. The number of nitrogens with one attached hydrogen (secondary N) is 3. The Hall–Kier alpha value is -1.95. The van der Waals surface area contributed by atoms with Gasteiger partial charge in [0.2, 0.25) is 0 Å². The molecular formula is C24H33ClN4O2. The lowest BCUT2D eigenvalue weighted by Gasteiger charge is -2.56. The third kappa shape index (κ3) is 4.64. The van der Waals surface area contributed by atoms with Crippen molar-refractivity contribution in [1.82, 2.24) is 15.5 Å². The number of urea groups is 2. The topological polar surface area (TPSA) is 73.5 Å². The van der Waals surface area contributed by atoms with Gasteiger partial charge >= 0.3 is 12.1 Å². The number of benzene rings is 1. The molecule has 6 nitrogen and oxygen atoms in total. The van der Waals surface area contributed by atoms with E-state index >= 15 is 0 Å². The highest BCUT2D eigenvalue weighted by atomic mass is 35.5. The number of rotatable bonds is 4. The highest BCUT2D eigenvalue weighted by Gasteiger charge is 2.51. The Bertz CT molecular complexity index is 801. The number of carbonyl (C=O) groups excluding carboxylic acids is 2. The van der Waals surface area contributed by atoms with E-state index in [0.29, 0.717) is 36.3 Å². The van der Waals surface area contributed by atoms with Crippen LogP contribution in [0.4, 0.5) is 15.3 Å². The minimum absolute atomic E-state index is 0.000780. The molecule has 0 spiro atoms. The summed E-state index contributed by atoms with van der Waals surface area (Å²) in [6, 6.07) is 7.16. The molecule has 4 bridgehead atoms. The van der Waals surface area contributed by atoms with Crippen molar-refractivity contribution < 1.29 is 9.59 Å². The summed E-state index contributed by atoms with van der Waals surface area (Å²) in [7, 11) is 0. The number of para-hydroxylation sites is 1. The first-order chi connectivity index (χ1) is 15.0. The molecule has 5 fully saturated rings. The van der Waals surface area contributed by atoms with Crippen LogP contribution < -0.4 is 16.0 Å². The van der Waals surface area contributed by atoms with Crippen LogP contribution in [-0.2, 0) is 0 Å². The second-order valence-corrected chi connectivity index (χ2v) is 10.8. The van der Waals surface area contributed by atoms with Crippen molar-refractivity contribution in [1.29, 1.82) is 0 Å². The molecule has 1 aliphatic heterocycles. The predicted molar refractivity (Wildman–Crippen MR) is 122 cm³/mol. The maximum absolute atomic E-state index is 12.7. The predicted octanol–water partition coefficient (Wildman–Crippen LogP) is 4.85. The van der Waals surface area contributed by atoms with E-state index in [1.54, 1.807) is 12.1 Å². The van der Waals surface area contributed by atoms with Crippen molar-refractivity contribution in [2.75, 3.05) is 25.0 Å². The van der Waals surface area contributed by atoms with Crippen LogP contribution in [0.15, 0.2) is 24.3 Å². The molecule has 0 radical (unpaired) electrons. The van der Waals surface area contributed by atoms with Gasteiger partial charge in [-0.25, -0.2) is 9.59 Å². The van der Waals surface area contributed by atoms with E-state index in [-0.39, 0.29) is 17.6 Å². The summed E-state index contributed by atoms with van der Waals surface area (Å²) in [5.41, 5.74) is 0.693. The molecule has 1 saturated heterocycles. The van der Waals surface area contributed by atoms with E-state index < -0.39 is 0 Å². The average Bonchev–Trinajstić information content (AvgIpc) is 2.73. The lowest BCUT2D eigenvalue weighted by molar-refractivity contribution is -0.0135. The monoisotopic (exact) mass is 444 g/mol. The van der Waals surface area contributed by atoms with Gasteiger partial charge < -0.3 is 20.9 Å². The molecule has 168 valence electrons. The molecule has 4 amide bonds. The smallest absolute Gasteiger partial charge is 0.321 e. The van der Waals surface area contributed by atoms with E-state index in [1.807, 2.05) is 17.0 Å². The van der Waals surface area contributed by atoms with Gasteiger partial charge in [0.1, 0.15) is 0 Å². The number of hydrogen-bond acceptors (Lipinski definition) is 2. The summed E-state index contributed by atoms with van der Waals surface area (Å²) in [5.74, 6) is 2.89. The SMILES string of the molecule is O=C(NCC1CCN(C(=O)Nc2ccccc2Cl)CC1)NC12CC3CC(CC(C3)C1)C2. The zero-order chi connectivity index (χ0) is 21.4. The maximum atomic E-state index is 12.7. The lowest BCUT2D eigenvalue weighted by atomic mass is 9.53. The molecule has 6 rings (SSSR count). The highest BCUT2D eigenvalue weighted by Crippen LogP contribution is 2.55. The third-order valence-corrected chi connectivity index (χ3v) is 8.32. The van der Waals surface area contributed by atoms with Gasteiger partial charge in [-0.15, -0.1) is 0 Å². The van der Waals surface area contributed by atoms with Gasteiger partial charge in [0.15, 0.2) is 0 Å². The number of hydrogen-bond donors (Lipinski definition) is 3. The summed E-state index contributed by atoms with van der Waals surface area (Å²) in [4.78, 5) is 27.0. The van der Waals surface area contributed by atoms with Crippen molar-refractivity contribution in [3.63, 3.8) is 0 Å². The second kappa shape index (κ2) is 8.53. The van der Waals surface area contributed by atoms with Crippen molar-refractivity contribution in [3.8, 4) is 0 Å². The maximum Gasteiger partial charge on any atom is 0.321 e. The average molecular weight is 445 g/mol. The number of likely N-dealkylation sites (tertiary alicyclic amines) is 1. The van der Waals surface area contributed by atoms with Crippen LogP contribution in [0.1, 0.15) is 51.4 Å². The van der Waals surface area contributed by atoms with E-state index in [0.717, 1.165) is 30.6 Å². The van der Waals surface area contributed by atoms with E-state index in [1.165, 1.54) is 38.5 Å². The van der Waals surface area contributed by atoms with Gasteiger partial charge in [0.25, 0.3) is 0 Å². The molecule has 1 aromatic carbocycles. The fourth-order valence-corrected chi connectivity index (χ4v) is 7.07. The van der Waals surface area contributed by atoms with Crippen molar-refractivity contribution in [3.05, 3.63) is 29.3 Å². The molecule has 4 aliphatic carbocycles. The third-order valence-electron chi connectivity index (χ3n) is 7.99. The van der Waals surface area contributed by atoms with Gasteiger partial charge in [-0.05, 0) is 87.2 Å². The van der Waals surface area contributed by atoms with Crippen LogP contribution in [0, 0.1) is 23.7 Å². The molecule has 4 saturated carbocycles. The Morgan fingerprint density at radius 3 is 2.23 bits per heavy atom. The summed E-state index contributed by atoms with van der Waals surface area (Å²) >= 11 is 6.13. The second-order valence-electron chi connectivity index (χ2n) is 10.4. The zero-order valence-electron chi connectivity index (χ0n) is 18.0. The Morgan fingerprint density at radius 1 is 1.00 bits per heavy atom. The molecule has 1 heterocycles. The van der Waals surface area contributed by atoms with Crippen molar-refractivity contribution in [2.45, 2.75) is 56.9 Å². The van der Waals surface area contributed by atoms with Crippen LogP contribution in [0.5, 0.6) is 0 Å². The molecule has 7 heteroatoms. The Kier molecular flexibility index (Phi) is 5.76. The van der Waals surface area contributed by atoms with Gasteiger partial charge in [0, 0.05) is 25.2 Å². The van der Waals surface area contributed by atoms with Crippen molar-refractivity contribution in [2.24, 2.45) is 23.7 Å². The summed E-state index contributed by atoms with van der Waals surface area (Å²) in [6.07, 6.45) is 9.45. The van der Waals surface area contributed by atoms with Crippen molar-refractivity contribution >= 4 is 29.4 Å². The largest absolute Gasteiger partial charge is 0.338 e. The lowest BCUT2D eigenvalue weighted by Crippen LogP contribution is -2.61. The quantitative estimate of drug-likeness (QED) is 0.620. The Balaban J connectivity index is 1.05. The number of halogens is 1. The molecule has 3 N–H and O–H groups in total. The first-order valence-corrected chi connectivity index (χ1v) is 12.2. The first-order valence-electron chi connectivity index (χ1n) is 11.8. The number of amides is 4. The summed E-state index contributed by atoms with van der Waals surface area (Å²) < 4.78 is 0. The number of piperidine rings is 1. The van der Waals surface area contributed by atoms with E-state index in [9.17, 15) is 9.59 Å². The Labute approximate surface area is 189 Å². The molecular weight excluding hydrogens is 412 g/mol. The van der Waals surface area contributed by atoms with E-state index in [4.69, 9.17) is 11.6 Å². The summed E-state index contributed by atoms with van der Waals surface area (Å²) in [5, 5.41) is 9.95. The van der Waals surface area contributed by atoms with Gasteiger partial charge in [0.05, 0.1) is 10.7 Å². The molecule has 31 heavy (non-hydrogen) atoms. The minimum atomic E-state index is -0.112. The normalized spacial score (nSPS) is 32.0. The fourth-order valence-electron chi connectivity index (χ4n) is 6.88. The number of nitrogens with zero attached hydrogens (tertiary/aromatic N) is 1. The van der Waals surface area contributed by atoms with Gasteiger partial charge in [-0.3, -0.25) is 0 Å². The molecule has 0 aromatic heterocycles. The van der Waals surface area contributed by atoms with Gasteiger partial charge in [-0.1, -0.05) is 23.7 Å². The number of anilines is 1. The molecule has 5 aliphatic rings. The number of carbonyl (C=O) groups is 2. The van der Waals surface area contributed by atoms with Crippen LogP contribution in [-0.4, -0.2) is 42.1 Å². The summed E-state index contributed by atoms with van der Waals surface area (Å²) in [6.45, 7) is 2.07. The zero-order valence-corrected chi connectivity index (χ0v) is 18.8. The fraction of sp³-hybridized carbons (Fsp3) is 0.667. The van der Waals surface area contributed by atoms with Crippen LogP contribution in [0.25, 0.3) is 0 Å². The standard InChI is InChI=1S/C24H33ClN4O2/c25-20-3-1-2-4-21(20)27-23(31)29-7-5-16(6-8-29)15-26-22(30)28-24-12-17-9-18(13-24)11-19(10-17)14-24/h1-4,16-19H,5-15H2,(H,27,31)(H2,26,28,30). The van der Waals surface area contributed by atoms with Gasteiger partial charge in [-0.2, -0.15) is 0 Å². The van der Waals surface area contributed by atoms with Crippen LogP contribution in [0.2, 0.25) is 5.02 Å². The Morgan fingerprint density at radius 2 is 1.61 bits per heavy atom. The highest BCUT2D eigenvalue weighted by molar-refractivity contribution is 6.33. The van der Waals surface area contributed by atoms with E-state index in [2.05, 4.69) is 16.0 Å².